The second-order valence-corrected chi connectivity index (χ2v) is 9.47. The number of aryl methyl sites for hydroxylation is 1. The van der Waals surface area contributed by atoms with E-state index in [4.69, 9.17) is 10.7 Å². The van der Waals surface area contributed by atoms with E-state index in [9.17, 15) is 13.2 Å². The zero-order valence-corrected chi connectivity index (χ0v) is 19.1. The molecule has 5 heterocycles. The van der Waals surface area contributed by atoms with E-state index in [-0.39, 0.29) is 11.5 Å². The predicted octanol–water partition coefficient (Wildman–Crippen LogP) is 4.36. The number of alkyl halides is 3. The average molecular weight is 480 g/mol. The van der Waals surface area contributed by atoms with Crippen molar-refractivity contribution in [3.8, 4) is 11.3 Å². The fourth-order valence-corrected chi connectivity index (χ4v) is 5.68. The van der Waals surface area contributed by atoms with Crippen molar-refractivity contribution in [2.45, 2.75) is 38.4 Å². The molecule has 35 heavy (non-hydrogen) atoms. The molecule has 6 rings (SSSR count). The van der Waals surface area contributed by atoms with Gasteiger partial charge in [0, 0.05) is 42.8 Å². The van der Waals surface area contributed by atoms with Crippen LogP contribution in [0, 0.1) is 12.3 Å². The highest BCUT2D eigenvalue weighted by atomic mass is 19.4. The van der Waals surface area contributed by atoms with E-state index in [1.54, 1.807) is 23.7 Å². The number of rotatable bonds is 2. The number of nitrogens with zero attached hydrogens (tertiary/aromatic N) is 6. The summed E-state index contributed by atoms with van der Waals surface area (Å²) >= 11 is 0. The summed E-state index contributed by atoms with van der Waals surface area (Å²) in [5.41, 5.74) is 10.2. The zero-order valence-electron chi connectivity index (χ0n) is 19.1. The molecule has 0 saturated carbocycles. The summed E-state index contributed by atoms with van der Waals surface area (Å²) in [6, 6.07) is 8.44. The topological polar surface area (TPSA) is 85.2 Å². The maximum atomic E-state index is 13.3. The highest BCUT2D eigenvalue weighted by Crippen LogP contribution is 2.50. The van der Waals surface area contributed by atoms with Gasteiger partial charge in [-0.25, -0.2) is 9.50 Å². The van der Waals surface area contributed by atoms with Gasteiger partial charge in [-0.2, -0.15) is 18.3 Å². The van der Waals surface area contributed by atoms with E-state index in [0.29, 0.717) is 17.0 Å². The SMILES string of the molecule is Cc1nc(N2CCC3(CC2)Cc2ncccc2[C@H]3N)c2ccnn2c1-c1ccnc(C(F)(F)F)c1. The van der Waals surface area contributed by atoms with Gasteiger partial charge in [-0.15, -0.1) is 0 Å². The number of anilines is 1. The number of halogens is 3. The lowest BCUT2D eigenvalue weighted by atomic mass is 9.73. The van der Waals surface area contributed by atoms with E-state index in [0.717, 1.165) is 61.0 Å². The molecule has 180 valence electrons. The lowest BCUT2D eigenvalue weighted by Crippen LogP contribution is -2.44. The van der Waals surface area contributed by atoms with Crippen LogP contribution >= 0.6 is 0 Å². The number of nitrogens with two attached hydrogens (primary N) is 1. The Hall–Kier alpha value is -3.53. The Kier molecular flexibility index (Phi) is 4.86. The summed E-state index contributed by atoms with van der Waals surface area (Å²) in [7, 11) is 0. The first-order chi connectivity index (χ1) is 16.8. The Bertz CT molecular complexity index is 1420. The van der Waals surface area contributed by atoms with Crippen LogP contribution in [0.2, 0.25) is 0 Å². The maximum Gasteiger partial charge on any atom is 0.433 e. The summed E-state index contributed by atoms with van der Waals surface area (Å²) in [6.45, 7) is 3.36. The van der Waals surface area contributed by atoms with E-state index in [1.165, 1.54) is 6.20 Å². The standard InChI is InChI=1S/C25H24F3N7/c1-15-21(16-4-9-31-20(13-16)25(26,27)28)35-19(5-10-32-35)23(33-15)34-11-6-24(7-12-34)14-18-17(22(24)29)3-2-8-30-18/h2-5,8-10,13,22H,6-7,11-12,14,29H2,1H3/t22-/m1/s1. The summed E-state index contributed by atoms with van der Waals surface area (Å²) in [5, 5.41) is 4.43. The molecule has 1 aliphatic heterocycles. The fourth-order valence-electron chi connectivity index (χ4n) is 5.68. The van der Waals surface area contributed by atoms with Crippen molar-refractivity contribution in [1.82, 2.24) is 24.6 Å². The van der Waals surface area contributed by atoms with Gasteiger partial charge >= 0.3 is 6.18 Å². The van der Waals surface area contributed by atoms with Crippen LogP contribution in [0.5, 0.6) is 0 Å². The molecule has 0 unspecified atom stereocenters. The first-order valence-corrected chi connectivity index (χ1v) is 11.6. The number of hydrogen-bond acceptors (Lipinski definition) is 6. The van der Waals surface area contributed by atoms with Gasteiger partial charge < -0.3 is 10.6 Å². The Balaban J connectivity index is 1.33. The van der Waals surface area contributed by atoms with Crippen LogP contribution < -0.4 is 10.6 Å². The molecule has 10 heteroatoms. The lowest BCUT2D eigenvalue weighted by Gasteiger charge is -2.42. The number of piperidine rings is 1. The largest absolute Gasteiger partial charge is 0.433 e. The van der Waals surface area contributed by atoms with Crippen molar-refractivity contribution >= 4 is 11.3 Å². The Morgan fingerprint density at radius 3 is 2.60 bits per heavy atom. The smallest absolute Gasteiger partial charge is 0.355 e. The van der Waals surface area contributed by atoms with Crippen molar-refractivity contribution in [2.75, 3.05) is 18.0 Å². The monoisotopic (exact) mass is 479 g/mol. The second-order valence-electron chi connectivity index (χ2n) is 9.47. The van der Waals surface area contributed by atoms with Crippen molar-refractivity contribution in [1.29, 1.82) is 0 Å². The Labute approximate surface area is 199 Å². The highest BCUT2D eigenvalue weighted by molar-refractivity contribution is 5.75. The molecule has 2 N–H and O–H groups in total. The van der Waals surface area contributed by atoms with Gasteiger partial charge in [0.25, 0.3) is 0 Å². The van der Waals surface area contributed by atoms with Crippen LogP contribution in [0.15, 0.2) is 48.9 Å². The van der Waals surface area contributed by atoms with E-state index in [1.807, 2.05) is 18.3 Å². The molecular formula is C25H24F3N7. The number of aromatic nitrogens is 5. The molecule has 0 bridgehead atoms. The van der Waals surface area contributed by atoms with Gasteiger partial charge in [-0.1, -0.05) is 6.07 Å². The molecule has 1 saturated heterocycles. The highest BCUT2D eigenvalue weighted by Gasteiger charge is 2.46. The van der Waals surface area contributed by atoms with Crippen molar-refractivity contribution < 1.29 is 13.2 Å². The molecule has 7 nitrogen and oxygen atoms in total. The molecule has 1 atom stereocenters. The molecule has 4 aromatic heterocycles. The van der Waals surface area contributed by atoms with Crippen LogP contribution in [0.25, 0.3) is 16.8 Å². The van der Waals surface area contributed by atoms with Crippen LogP contribution in [-0.2, 0) is 12.6 Å². The molecule has 1 aliphatic carbocycles. The third kappa shape index (κ3) is 3.46. The molecule has 0 amide bonds. The molecule has 2 aliphatic rings. The minimum absolute atomic E-state index is 0.0102. The zero-order chi connectivity index (χ0) is 24.4. The van der Waals surface area contributed by atoms with Crippen molar-refractivity contribution in [2.24, 2.45) is 11.1 Å². The summed E-state index contributed by atoms with van der Waals surface area (Å²) < 4.78 is 41.5. The predicted molar refractivity (Wildman–Crippen MR) is 125 cm³/mol. The Morgan fingerprint density at radius 1 is 1.06 bits per heavy atom. The average Bonchev–Trinajstić information content (AvgIpc) is 3.42. The molecule has 1 spiro atoms. The quantitative estimate of drug-likeness (QED) is 0.460. The van der Waals surface area contributed by atoms with Gasteiger partial charge in [-0.05, 0) is 61.4 Å². The van der Waals surface area contributed by atoms with Crippen molar-refractivity contribution in [3.63, 3.8) is 0 Å². The van der Waals surface area contributed by atoms with E-state index < -0.39 is 11.9 Å². The summed E-state index contributed by atoms with van der Waals surface area (Å²) in [6.07, 6.45) is 2.82. The molecule has 1 fully saturated rings. The van der Waals surface area contributed by atoms with Crippen LogP contribution in [0.3, 0.4) is 0 Å². The van der Waals surface area contributed by atoms with E-state index >= 15 is 0 Å². The summed E-state index contributed by atoms with van der Waals surface area (Å²) in [4.78, 5) is 15.1. The first-order valence-electron chi connectivity index (χ1n) is 11.6. The molecule has 4 aromatic rings. The maximum absolute atomic E-state index is 13.3. The van der Waals surface area contributed by atoms with Gasteiger partial charge in [0.05, 0.1) is 17.6 Å². The minimum atomic E-state index is -4.53. The number of hydrogen-bond donors (Lipinski definition) is 1. The molecule has 0 aromatic carbocycles. The number of fused-ring (bicyclic) bond motifs is 2. The van der Waals surface area contributed by atoms with Crippen LogP contribution in [-0.4, -0.2) is 37.7 Å². The Morgan fingerprint density at radius 2 is 1.86 bits per heavy atom. The van der Waals surface area contributed by atoms with E-state index in [2.05, 4.69) is 26.0 Å². The van der Waals surface area contributed by atoms with Gasteiger partial charge in [0.15, 0.2) is 5.82 Å². The fraction of sp³-hybridized carbons (Fsp3) is 0.360. The normalized spacial score (nSPS) is 19.5. The van der Waals surface area contributed by atoms with Crippen LogP contribution in [0.1, 0.15) is 41.5 Å². The van der Waals surface area contributed by atoms with Crippen LogP contribution in [0.4, 0.5) is 19.0 Å². The minimum Gasteiger partial charge on any atom is -0.355 e. The van der Waals surface area contributed by atoms with Gasteiger partial charge in [-0.3, -0.25) is 9.97 Å². The third-order valence-electron chi connectivity index (χ3n) is 7.52. The number of pyridine rings is 2. The third-order valence-corrected chi connectivity index (χ3v) is 7.52. The van der Waals surface area contributed by atoms with Gasteiger partial charge in [0.2, 0.25) is 0 Å². The molecule has 0 radical (unpaired) electrons. The first kappa shape index (κ1) is 22.0. The molecular weight excluding hydrogens is 455 g/mol. The van der Waals surface area contributed by atoms with Gasteiger partial charge in [0.1, 0.15) is 11.2 Å². The lowest BCUT2D eigenvalue weighted by molar-refractivity contribution is -0.141. The van der Waals surface area contributed by atoms with Crippen molar-refractivity contribution in [3.05, 3.63) is 71.6 Å². The second kappa shape index (κ2) is 7.74. The summed E-state index contributed by atoms with van der Waals surface area (Å²) in [5.74, 6) is 0.783.